The third kappa shape index (κ3) is 3.47. The molecule has 13 heavy (non-hydrogen) atoms. The number of ketones is 1. The number of carbonyl (C=O) groups excluding carboxylic acids is 1. The maximum absolute atomic E-state index is 11.2. The number of carbonyl (C=O) groups is 1. The van der Waals surface area contributed by atoms with Crippen LogP contribution < -0.4 is 0 Å². The maximum Gasteiger partial charge on any atom is 0.146 e. The van der Waals surface area contributed by atoms with Crippen LogP contribution >= 0.6 is 0 Å². The van der Waals surface area contributed by atoms with Crippen LogP contribution in [0.1, 0.15) is 39.5 Å². The molecule has 1 aliphatic heterocycles. The van der Waals surface area contributed by atoms with Gasteiger partial charge in [-0.2, -0.15) is 0 Å². The van der Waals surface area contributed by atoms with Crippen molar-refractivity contribution in [3.63, 3.8) is 0 Å². The zero-order chi connectivity index (χ0) is 9.68. The van der Waals surface area contributed by atoms with E-state index in [-0.39, 0.29) is 0 Å². The molecular weight excluding hydrogens is 162 g/mol. The highest BCUT2D eigenvalue weighted by molar-refractivity contribution is 5.80. The predicted octanol–water partition coefficient (Wildman–Crippen LogP) is 2.09. The third-order valence-electron chi connectivity index (χ3n) is 2.86. The highest BCUT2D eigenvalue weighted by Crippen LogP contribution is 2.20. The first-order chi connectivity index (χ1) is 6.26. The fourth-order valence-electron chi connectivity index (χ4n) is 2.06. The van der Waals surface area contributed by atoms with Gasteiger partial charge < -0.3 is 0 Å². The van der Waals surface area contributed by atoms with Gasteiger partial charge in [-0.1, -0.05) is 20.3 Å². The van der Waals surface area contributed by atoms with Crippen molar-refractivity contribution in [2.45, 2.75) is 39.5 Å². The van der Waals surface area contributed by atoms with Gasteiger partial charge in [0, 0.05) is 13.0 Å². The molecule has 0 spiro atoms. The minimum atomic E-state index is 0.386. The van der Waals surface area contributed by atoms with Crippen LogP contribution in [0.3, 0.4) is 0 Å². The van der Waals surface area contributed by atoms with E-state index >= 15 is 0 Å². The van der Waals surface area contributed by atoms with Gasteiger partial charge in [-0.25, -0.2) is 0 Å². The molecule has 1 fully saturated rings. The van der Waals surface area contributed by atoms with E-state index in [9.17, 15) is 4.79 Å². The molecule has 0 saturated carbocycles. The number of hydrogen-bond acceptors (Lipinski definition) is 2. The molecule has 1 atom stereocenters. The monoisotopic (exact) mass is 183 g/mol. The molecule has 1 unspecified atom stereocenters. The van der Waals surface area contributed by atoms with Crippen LogP contribution in [0.15, 0.2) is 0 Å². The first-order valence-corrected chi connectivity index (χ1v) is 5.50. The summed E-state index contributed by atoms with van der Waals surface area (Å²) in [7, 11) is 0. The van der Waals surface area contributed by atoms with Crippen molar-refractivity contribution in [1.82, 2.24) is 4.90 Å². The zero-order valence-corrected chi connectivity index (χ0v) is 8.88. The van der Waals surface area contributed by atoms with Crippen LogP contribution in [0.4, 0.5) is 0 Å². The first-order valence-electron chi connectivity index (χ1n) is 5.50. The van der Waals surface area contributed by atoms with Gasteiger partial charge in [0.1, 0.15) is 5.78 Å². The second-order valence-electron chi connectivity index (χ2n) is 4.07. The number of rotatable bonds is 5. The van der Waals surface area contributed by atoms with Crippen LogP contribution in [0.2, 0.25) is 0 Å². The summed E-state index contributed by atoms with van der Waals surface area (Å²) in [4.78, 5) is 13.5. The topological polar surface area (TPSA) is 20.3 Å². The van der Waals surface area contributed by atoms with Crippen LogP contribution in [-0.2, 0) is 4.79 Å². The zero-order valence-electron chi connectivity index (χ0n) is 8.88. The average Bonchev–Trinajstić information content (AvgIpc) is 2.53. The van der Waals surface area contributed by atoms with Crippen LogP contribution in [-0.4, -0.2) is 30.3 Å². The van der Waals surface area contributed by atoms with Crippen molar-refractivity contribution in [3.8, 4) is 0 Å². The Kier molecular flexibility index (Phi) is 4.43. The molecule has 1 aliphatic rings. The van der Waals surface area contributed by atoms with E-state index in [1.807, 2.05) is 6.92 Å². The Morgan fingerprint density at radius 3 is 2.85 bits per heavy atom. The highest BCUT2D eigenvalue weighted by atomic mass is 16.1. The van der Waals surface area contributed by atoms with Crippen molar-refractivity contribution < 1.29 is 4.79 Å². The van der Waals surface area contributed by atoms with Gasteiger partial charge in [-0.05, 0) is 25.3 Å². The molecule has 2 nitrogen and oxygen atoms in total. The smallest absolute Gasteiger partial charge is 0.146 e. The molecule has 0 aromatic rings. The molecule has 0 N–H and O–H groups in total. The fourth-order valence-corrected chi connectivity index (χ4v) is 2.06. The van der Waals surface area contributed by atoms with E-state index in [4.69, 9.17) is 0 Å². The van der Waals surface area contributed by atoms with Crippen molar-refractivity contribution >= 4 is 5.78 Å². The van der Waals surface area contributed by atoms with Crippen LogP contribution in [0.5, 0.6) is 0 Å². The van der Waals surface area contributed by atoms with Crippen molar-refractivity contribution in [1.29, 1.82) is 0 Å². The van der Waals surface area contributed by atoms with Crippen LogP contribution in [0.25, 0.3) is 0 Å². The molecule has 0 aliphatic carbocycles. The summed E-state index contributed by atoms with van der Waals surface area (Å²) in [5, 5.41) is 0. The van der Waals surface area contributed by atoms with E-state index in [2.05, 4.69) is 11.8 Å². The van der Waals surface area contributed by atoms with Gasteiger partial charge in [0.2, 0.25) is 0 Å². The van der Waals surface area contributed by atoms with Gasteiger partial charge in [-0.3, -0.25) is 9.69 Å². The summed E-state index contributed by atoms with van der Waals surface area (Å²) in [6.07, 6.45) is 4.59. The highest BCUT2D eigenvalue weighted by Gasteiger charge is 2.22. The van der Waals surface area contributed by atoms with Crippen molar-refractivity contribution in [2.24, 2.45) is 5.92 Å². The fraction of sp³-hybridized carbons (Fsp3) is 0.909. The Bertz CT molecular complexity index is 167. The summed E-state index contributed by atoms with van der Waals surface area (Å²) in [6, 6.07) is 0. The number of likely N-dealkylation sites (tertiary alicyclic amines) is 1. The number of Topliss-reactive ketones (excluding diaryl/α,β-unsaturated/α-hetero) is 1. The summed E-state index contributed by atoms with van der Waals surface area (Å²) in [5.74, 6) is 1.24. The lowest BCUT2D eigenvalue weighted by molar-refractivity contribution is -0.119. The maximum atomic E-state index is 11.2. The Morgan fingerprint density at radius 2 is 2.23 bits per heavy atom. The van der Waals surface area contributed by atoms with Gasteiger partial charge >= 0.3 is 0 Å². The lowest BCUT2D eigenvalue weighted by atomic mass is 10.0. The summed E-state index contributed by atoms with van der Waals surface area (Å²) in [5.41, 5.74) is 0. The van der Waals surface area contributed by atoms with Gasteiger partial charge in [0.15, 0.2) is 0 Å². The lowest BCUT2D eigenvalue weighted by Gasteiger charge is -2.13. The van der Waals surface area contributed by atoms with E-state index in [1.165, 1.54) is 19.3 Å². The Morgan fingerprint density at radius 1 is 1.46 bits per heavy atom. The van der Waals surface area contributed by atoms with E-state index in [0.717, 1.165) is 19.0 Å². The lowest BCUT2D eigenvalue weighted by Crippen LogP contribution is -2.27. The largest absolute Gasteiger partial charge is 0.298 e. The molecule has 0 aromatic carbocycles. The molecule has 1 heterocycles. The molecule has 76 valence electrons. The Labute approximate surface area is 81.3 Å². The number of hydrogen-bond donors (Lipinski definition) is 0. The molecule has 2 heteroatoms. The predicted molar refractivity (Wildman–Crippen MR) is 54.8 cm³/mol. The molecule has 1 rings (SSSR count). The molecule has 0 bridgehead atoms. The Balaban J connectivity index is 2.20. The van der Waals surface area contributed by atoms with Gasteiger partial charge in [-0.15, -0.1) is 0 Å². The third-order valence-corrected chi connectivity index (χ3v) is 2.86. The second-order valence-corrected chi connectivity index (χ2v) is 4.07. The van der Waals surface area contributed by atoms with E-state index in [0.29, 0.717) is 18.7 Å². The summed E-state index contributed by atoms with van der Waals surface area (Å²) < 4.78 is 0. The van der Waals surface area contributed by atoms with Gasteiger partial charge in [0.25, 0.3) is 0 Å². The first kappa shape index (κ1) is 10.7. The summed E-state index contributed by atoms with van der Waals surface area (Å²) in [6.45, 7) is 7.16. The van der Waals surface area contributed by atoms with Crippen LogP contribution in [0, 0.1) is 5.92 Å². The summed E-state index contributed by atoms with van der Waals surface area (Å²) >= 11 is 0. The average molecular weight is 183 g/mol. The molecule has 1 saturated heterocycles. The van der Waals surface area contributed by atoms with Crippen molar-refractivity contribution in [2.75, 3.05) is 19.6 Å². The minimum absolute atomic E-state index is 0.386. The quantitative estimate of drug-likeness (QED) is 0.650. The molecule has 0 amide bonds. The second kappa shape index (κ2) is 5.38. The molecule has 0 radical (unpaired) electrons. The van der Waals surface area contributed by atoms with Crippen molar-refractivity contribution in [3.05, 3.63) is 0 Å². The minimum Gasteiger partial charge on any atom is -0.298 e. The molecule has 0 aromatic heterocycles. The molecular formula is C11H21NO. The number of nitrogens with zero attached hydrogens (tertiary/aromatic N) is 1. The SMILES string of the molecule is CCCC1CCN(CC(=O)CC)C1. The normalized spacial score (nSPS) is 23.7. The Hall–Kier alpha value is -0.370. The van der Waals surface area contributed by atoms with E-state index < -0.39 is 0 Å². The van der Waals surface area contributed by atoms with Gasteiger partial charge in [0.05, 0.1) is 6.54 Å². The standard InChI is InChI=1S/C11H21NO/c1-3-5-10-6-7-12(8-10)9-11(13)4-2/h10H,3-9H2,1-2H3. The van der Waals surface area contributed by atoms with E-state index in [1.54, 1.807) is 0 Å².